The quantitative estimate of drug-likeness (QED) is 0.421. The number of nitrogens with one attached hydrogen (secondary N) is 1. The zero-order chi connectivity index (χ0) is 18.2. The summed E-state index contributed by atoms with van der Waals surface area (Å²) < 4.78 is 0.855. The van der Waals surface area contributed by atoms with Crippen LogP contribution in [0.2, 0.25) is 0 Å². The van der Waals surface area contributed by atoms with Gasteiger partial charge < -0.3 is 0 Å². The van der Waals surface area contributed by atoms with Crippen molar-refractivity contribution in [2.75, 3.05) is 5.32 Å². The van der Waals surface area contributed by atoms with E-state index in [9.17, 15) is 4.79 Å². The number of carbonyl (C=O) groups is 1. The number of amides is 1. The molecule has 2 aromatic carbocycles. The van der Waals surface area contributed by atoms with Crippen LogP contribution in [0.5, 0.6) is 0 Å². The topological polar surface area (TPSA) is 54.9 Å². The third-order valence-corrected chi connectivity index (χ3v) is 6.81. The van der Waals surface area contributed by atoms with E-state index in [1.165, 1.54) is 22.5 Å². The van der Waals surface area contributed by atoms with Gasteiger partial charge in [0.15, 0.2) is 4.34 Å². The van der Waals surface area contributed by atoms with Crippen molar-refractivity contribution < 1.29 is 4.79 Å². The second-order valence-corrected chi connectivity index (χ2v) is 9.10. The molecular weight excluding hydrogens is 382 g/mol. The Morgan fingerprint density at radius 3 is 2.27 bits per heavy atom. The third-order valence-electron chi connectivity index (χ3n) is 3.55. The molecule has 0 spiro atoms. The number of carbonyl (C=O) groups excluding carboxylic acids is 1. The van der Waals surface area contributed by atoms with Crippen LogP contribution in [0, 0.1) is 0 Å². The molecular formula is C19H19N3OS3. The Kier molecular flexibility index (Phi) is 7.11. The Morgan fingerprint density at radius 2 is 1.62 bits per heavy atom. The summed E-state index contributed by atoms with van der Waals surface area (Å²) in [5.74, 6) is 1.61. The van der Waals surface area contributed by atoms with Crippen molar-refractivity contribution in [2.45, 2.75) is 28.0 Å². The van der Waals surface area contributed by atoms with E-state index in [4.69, 9.17) is 0 Å². The van der Waals surface area contributed by atoms with Gasteiger partial charge in [0, 0.05) is 11.5 Å². The molecule has 1 unspecified atom stereocenters. The highest BCUT2D eigenvalue weighted by molar-refractivity contribution is 8.00. The molecule has 1 amide bonds. The van der Waals surface area contributed by atoms with Crippen molar-refractivity contribution in [3.63, 3.8) is 0 Å². The van der Waals surface area contributed by atoms with Crippen LogP contribution in [0.4, 0.5) is 5.13 Å². The Hall–Kier alpha value is -1.83. The average molecular weight is 402 g/mol. The van der Waals surface area contributed by atoms with E-state index in [0.717, 1.165) is 15.8 Å². The van der Waals surface area contributed by atoms with Gasteiger partial charge in [0.2, 0.25) is 11.0 Å². The van der Waals surface area contributed by atoms with Crippen molar-refractivity contribution in [3.05, 3.63) is 71.8 Å². The lowest BCUT2D eigenvalue weighted by Gasteiger charge is -2.10. The Bertz CT molecular complexity index is 824. The molecule has 0 aliphatic rings. The molecule has 0 aliphatic carbocycles. The fraction of sp³-hybridized carbons (Fsp3) is 0.211. The predicted octanol–water partition coefficient (Wildman–Crippen LogP) is 5.09. The molecule has 1 aromatic heterocycles. The van der Waals surface area contributed by atoms with Gasteiger partial charge in [0.1, 0.15) is 0 Å². The maximum Gasteiger partial charge on any atom is 0.239 e. The first-order chi connectivity index (χ1) is 12.7. The van der Waals surface area contributed by atoms with E-state index < -0.39 is 0 Å². The van der Waals surface area contributed by atoms with Gasteiger partial charge in [-0.1, -0.05) is 83.8 Å². The SMILES string of the molecule is CC(SCc1ccccc1)C(=O)Nc1nnc(SCc2ccccc2)s1. The fourth-order valence-electron chi connectivity index (χ4n) is 2.12. The molecule has 4 nitrogen and oxygen atoms in total. The molecule has 134 valence electrons. The summed E-state index contributed by atoms with van der Waals surface area (Å²) in [6.07, 6.45) is 0. The minimum atomic E-state index is -0.153. The van der Waals surface area contributed by atoms with Crippen LogP contribution >= 0.6 is 34.9 Å². The first kappa shape index (κ1) is 18.9. The van der Waals surface area contributed by atoms with Crippen molar-refractivity contribution in [2.24, 2.45) is 0 Å². The minimum Gasteiger partial charge on any atom is -0.300 e. The highest BCUT2D eigenvalue weighted by Gasteiger charge is 2.16. The van der Waals surface area contributed by atoms with E-state index in [-0.39, 0.29) is 11.2 Å². The van der Waals surface area contributed by atoms with Gasteiger partial charge in [-0.3, -0.25) is 10.1 Å². The van der Waals surface area contributed by atoms with Gasteiger partial charge in [0.25, 0.3) is 0 Å². The summed E-state index contributed by atoms with van der Waals surface area (Å²) in [4.78, 5) is 12.3. The van der Waals surface area contributed by atoms with Gasteiger partial charge in [0.05, 0.1) is 5.25 Å². The maximum absolute atomic E-state index is 12.3. The predicted molar refractivity (Wildman–Crippen MR) is 112 cm³/mol. The first-order valence-corrected chi connectivity index (χ1v) is 11.0. The number of nitrogens with zero attached hydrogens (tertiary/aromatic N) is 2. The number of hydrogen-bond donors (Lipinski definition) is 1. The summed E-state index contributed by atoms with van der Waals surface area (Å²) in [6.45, 7) is 1.91. The molecule has 7 heteroatoms. The van der Waals surface area contributed by atoms with E-state index in [1.54, 1.807) is 23.5 Å². The molecule has 1 N–H and O–H groups in total. The molecule has 0 radical (unpaired) electrons. The first-order valence-electron chi connectivity index (χ1n) is 8.17. The van der Waals surface area contributed by atoms with Crippen molar-refractivity contribution in [1.29, 1.82) is 0 Å². The van der Waals surface area contributed by atoms with Crippen LogP contribution in [-0.2, 0) is 16.3 Å². The molecule has 0 saturated carbocycles. The molecule has 26 heavy (non-hydrogen) atoms. The molecule has 0 bridgehead atoms. The lowest BCUT2D eigenvalue weighted by molar-refractivity contribution is -0.115. The fourth-order valence-corrected chi connectivity index (χ4v) is 4.67. The van der Waals surface area contributed by atoms with Gasteiger partial charge >= 0.3 is 0 Å². The summed E-state index contributed by atoms with van der Waals surface area (Å²) in [5.41, 5.74) is 2.46. The van der Waals surface area contributed by atoms with E-state index >= 15 is 0 Å². The van der Waals surface area contributed by atoms with Gasteiger partial charge in [-0.05, 0) is 18.1 Å². The number of rotatable bonds is 8. The van der Waals surface area contributed by atoms with E-state index in [0.29, 0.717) is 5.13 Å². The lowest BCUT2D eigenvalue weighted by Crippen LogP contribution is -2.22. The average Bonchev–Trinajstić information content (AvgIpc) is 3.13. The molecule has 0 aliphatic heterocycles. The van der Waals surface area contributed by atoms with Gasteiger partial charge in [-0.2, -0.15) is 0 Å². The Balaban J connectivity index is 1.46. The van der Waals surface area contributed by atoms with Crippen molar-refractivity contribution >= 4 is 45.9 Å². The lowest BCUT2D eigenvalue weighted by atomic mass is 10.2. The number of thioether (sulfide) groups is 2. The second-order valence-electron chi connectivity index (χ2n) is 5.58. The molecule has 0 fully saturated rings. The summed E-state index contributed by atoms with van der Waals surface area (Å²) in [6, 6.07) is 20.4. The zero-order valence-electron chi connectivity index (χ0n) is 14.3. The highest BCUT2D eigenvalue weighted by atomic mass is 32.2. The smallest absolute Gasteiger partial charge is 0.239 e. The molecule has 3 aromatic rings. The number of anilines is 1. The van der Waals surface area contributed by atoms with Crippen LogP contribution < -0.4 is 5.32 Å². The second kappa shape index (κ2) is 9.75. The highest BCUT2D eigenvalue weighted by Crippen LogP contribution is 2.28. The molecule has 1 atom stereocenters. The third kappa shape index (κ3) is 5.86. The number of aromatic nitrogens is 2. The zero-order valence-corrected chi connectivity index (χ0v) is 16.7. The van der Waals surface area contributed by atoms with Crippen LogP contribution in [0.15, 0.2) is 65.0 Å². The standard InChI is InChI=1S/C19H19N3OS3/c1-14(24-12-15-8-4-2-5-9-15)17(23)20-18-21-22-19(26-18)25-13-16-10-6-3-7-11-16/h2-11,14H,12-13H2,1H3,(H,20,21,23). The summed E-state index contributed by atoms with van der Waals surface area (Å²) in [7, 11) is 0. The molecule has 0 saturated heterocycles. The summed E-state index contributed by atoms with van der Waals surface area (Å²) in [5, 5.41) is 11.5. The van der Waals surface area contributed by atoms with E-state index in [2.05, 4.69) is 39.8 Å². The molecule has 3 rings (SSSR count). The number of hydrogen-bond acceptors (Lipinski definition) is 6. The van der Waals surface area contributed by atoms with Gasteiger partial charge in [-0.25, -0.2) is 0 Å². The number of benzene rings is 2. The Morgan fingerprint density at radius 1 is 1.00 bits per heavy atom. The van der Waals surface area contributed by atoms with Crippen LogP contribution in [-0.4, -0.2) is 21.4 Å². The van der Waals surface area contributed by atoms with Crippen molar-refractivity contribution in [1.82, 2.24) is 10.2 Å². The largest absolute Gasteiger partial charge is 0.300 e. The normalized spacial score (nSPS) is 11.9. The van der Waals surface area contributed by atoms with E-state index in [1.807, 2.05) is 43.3 Å². The monoisotopic (exact) mass is 401 g/mol. The van der Waals surface area contributed by atoms with Gasteiger partial charge in [-0.15, -0.1) is 22.0 Å². The van der Waals surface area contributed by atoms with Crippen LogP contribution in [0.1, 0.15) is 18.1 Å². The molecule has 1 heterocycles. The Labute approximate surface area is 165 Å². The van der Waals surface area contributed by atoms with Crippen LogP contribution in [0.25, 0.3) is 0 Å². The maximum atomic E-state index is 12.3. The summed E-state index contributed by atoms with van der Waals surface area (Å²) >= 11 is 4.65. The van der Waals surface area contributed by atoms with Crippen molar-refractivity contribution in [3.8, 4) is 0 Å². The minimum absolute atomic E-state index is 0.0401. The van der Waals surface area contributed by atoms with Crippen LogP contribution in [0.3, 0.4) is 0 Å².